The molecule has 3 nitrogen and oxygen atoms in total. The van der Waals surface area contributed by atoms with Gasteiger partial charge < -0.3 is 5.32 Å². The van der Waals surface area contributed by atoms with E-state index in [1.54, 1.807) is 0 Å². The second kappa shape index (κ2) is 4.31. The van der Waals surface area contributed by atoms with E-state index >= 15 is 0 Å². The number of rotatable bonds is 2. The fourth-order valence-corrected chi connectivity index (χ4v) is 1.61. The van der Waals surface area contributed by atoms with Gasteiger partial charge in [0.15, 0.2) is 5.82 Å². The van der Waals surface area contributed by atoms with Gasteiger partial charge in [0.25, 0.3) is 0 Å². The zero-order chi connectivity index (χ0) is 11.5. The van der Waals surface area contributed by atoms with E-state index in [2.05, 4.69) is 34.3 Å². The first-order valence-corrected chi connectivity index (χ1v) is 5.29. The molecule has 0 atom stereocenters. The maximum atomic E-state index is 4.44. The molecule has 0 saturated heterocycles. The summed E-state index contributed by atoms with van der Waals surface area (Å²) in [6, 6.07) is 10.1. The average Bonchev–Trinajstić information content (AvgIpc) is 2.28. The zero-order valence-corrected chi connectivity index (χ0v) is 9.78. The van der Waals surface area contributed by atoms with Crippen molar-refractivity contribution in [3.8, 4) is 11.4 Å². The van der Waals surface area contributed by atoms with Crippen molar-refractivity contribution in [2.45, 2.75) is 13.8 Å². The summed E-state index contributed by atoms with van der Waals surface area (Å²) >= 11 is 0. The van der Waals surface area contributed by atoms with Gasteiger partial charge in [-0.2, -0.15) is 0 Å². The number of benzene rings is 1. The minimum Gasteiger partial charge on any atom is -0.373 e. The van der Waals surface area contributed by atoms with Crippen LogP contribution >= 0.6 is 0 Å². The van der Waals surface area contributed by atoms with Crippen molar-refractivity contribution in [2.75, 3.05) is 12.4 Å². The van der Waals surface area contributed by atoms with Crippen molar-refractivity contribution in [2.24, 2.45) is 0 Å². The van der Waals surface area contributed by atoms with Crippen molar-refractivity contribution >= 4 is 5.82 Å². The first-order chi connectivity index (χ1) is 7.69. The molecular weight excluding hydrogens is 198 g/mol. The molecule has 0 radical (unpaired) electrons. The topological polar surface area (TPSA) is 37.8 Å². The van der Waals surface area contributed by atoms with Gasteiger partial charge in [-0.1, -0.05) is 23.8 Å². The predicted molar refractivity (Wildman–Crippen MR) is 66.5 cm³/mol. The lowest BCUT2D eigenvalue weighted by atomic mass is 10.1. The van der Waals surface area contributed by atoms with Crippen molar-refractivity contribution in [1.29, 1.82) is 0 Å². The number of nitrogens with zero attached hydrogens (tertiary/aromatic N) is 2. The van der Waals surface area contributed by atoms with E-state index in [1.807, 2.05) is 32.2 Å². The maximum absolute atomic E-state index is 4.44. The quantitative estimate of drug-likeness (QED) is 0.833. The lowest BCUT2D eigenvalue weighted by molar-refractivity contribution is 1.11. The van der Waals surface area contributed by atoms with E-state index in [0.29, 0.717) is 0 Å². The highest BCUT2D eigenvalue weighted by Gasteiger charge is 2.03. The van der Waals surface area contributed by atoms with E-state index < -0.39 is 0 Å². The molecule has 3 heteroatoms. The Morgan fingerprint density at radius 3 is 2.56 bits per heavy atom. The van der Waals surface area contributed by atoms with Crippen molar-refractivity contribution in [1.82, 2.24) is 9.97 Å². The Balaban J connectivity index is 2.51. The second-order valence-corrected chi connectivity index (χ2v) is 3.84. The van der Waals surface area contributed by atoms with Gasteiger partial charge >= 0.3 is 0 Å². The number of anilines is 1. The van der Waals surface area contributed by atoms with Crippen LogP contribution in [0.25, 0.3) is 11.4 Å². The van der Waals surface area contributed by atoms with Crippen LogP contribution in [0.2, 0.25) is 0 Å². The first-order valence-electron chi connectivity index (χ1n) is 5.29. The maximum Gasteiger partial charge on any atom is 0.161 e. The fourth-order valence-electron chi connectivity index (χ4n) is 1.61. The molecule has 0 fully saturated rings. The Labute approximate surface area is 95.6 Å². The smallest absolute Gasteiger partial charge is 0.161 e. The van der Waals surface area contributed by atoms with Crippen molar-refractivity contribution in [3.63, 3.8) is 0 Å². The third-order valence-electron chi connectivity index (χ3n) is 2.39. The SMILES string of the molecule is CNc1cc(C)nc(-c2cccc(C)c2)n1. The van der Waals surface area contributed by atoms with Gasteiger partial charge in [0.05, 0.1) is 0 Å². The van der Waals surface area contributed by atoms with Crippen LogP contribution in [-0.2, 0) is 0 Å². The molecule has 0 spiro atoms. The van der Waals surface area contributed by atoms with Crippen LogP contribution < -0.4 is 5.32 Å². The summed E-state index contributed by atoms with van der Waals surface area (Å²) < 4.78 is 0. The number of aromatic nitrogens is 2. The van der Waals surface area contributed by atoms with E-state index in [-0.39, 0.29) is 0 Å². The summed E-state index contributed by atoms with van der Waals surface area (Å²) in [5.41, 5.74) is 3.24. The molecule has 0 aliphatic rings. The Morgan fingerprint density at radius 2 is 1.88 bits per heavy atom. The Kier molecular flexibility index (Phi) is 2.86. The van der Waals surface area contributed by atoms with Crippen LogP contribution in [-0.4, -0.2) is 17.0 Å². The molecule has 1 N–H and O–H groups in total. The zero-order valence-electron chi connectivity index (χ0n) is 9.78. The number of hydrogen-bond donors (Lipinski definition) is 1. The summed E-state index contributed by atoms with van der Waals surface area (Å²) in [6.45, 7) is 4.04. The molecule has 1 heterocycles. The van der Waals surface area contributed by atoms with Gasteiger partial charge in [0.1, 0.15) is 5.82 Å². The summed E-state index contributed by atoms with van der Waals surface area (Å²) in [4.78, 5) is 8.88. The summed E-state index contributed by atoms with van der Waals surface area (Å²) in [5, 5.41) is 3.04. The lowest BCUT2D eigenvalue weighted by Crippen LogP contribution is -1.98. The minimum absolute atomic E-state index is 0.771. The van der Waals surface area contributed by atoms with E-state index in [9.17, 15) is 0 Å². The Hall–Kier alpha value is -1.90. The molecule has 0 aliphatic carbocycles. The number of hydrogen-bond acceptors (Lipinski definition) is 3. The molecule has 82 valence electrons. The van der Waals surface area contributed by atoms with Crippen LogP contribution in [0.5, 0.6) is 0 Å². The molecule has 2 rings (SSSR count). The molecule has 1 aromatic heterocycles. The monoisotopic (exact) mass is 213 g/mol. The molecule has 16 heavy (non-hydrogen) atoms. The van der Waals surface area contributed by atoms with Crippen LogP contribution in [0.15, 0.2) is 30.3 Å². The summed E-state index contributed by atoms with van der Waals surface area (Å²) in [7, 11) is 1.86. The standard InChI is InChI=1S/C13H15N3/c1-9-5-4-6-11(7-9)13-15-10(2)8-12(14-3)16-13/h4-8H,1-3H3,(H,14,15,16). The van der Waals surface area contributed by atoms with Gasteiger partial charge in [-0.3, -0.25) is 0 Å². The number of aryl methyl sites for hydroxylation is 2. The largest absolute Gasteiger partial charge is 0.373 e. The van der Waals surface area contributed by atoms with Gasteiger partial charge in [-0.25, -0.2) is 9.97 Å². The van der Waals surface area contributed by atoms with Gasteiger partial charge in [-0.15, -0.1) is 0 Å². The predicted octanol–water partition coefficient (Wildman–Crippen LogP) is 2.80. The van der Waals surface area contributed by atoms with E-state index in [0.717, 1.165) is 22.9 Å². The highest BCUT2D eigenvalue weighted by molar-refractivity contribution is 5.58. The highest BCUT2D eigenvalue weighted by Crippen LogP contribution is 2.18. The second-order valence-electron chi connectivity index (χ2n) is 3.84. The van der Waals surface area contributed by atoms with Gasteiger partial charge in [0.2, 0.25) is 0 Å². The molecular formula is C13H15N3. The molecule has 1 aromatic carbocycles. The van der Waals surface area contributed by atoms with Crippen LogP contribution in [0, 0.1) is 13.8 Å². The Bertz CT molecular complexity index is 506. The lowest BCUT2D eigenvalue weighted by Gasteiger charge is -2.05. The normalized spacial score (nSPS) is 10.2. The molecule has 2 aromatic rings. The first kappa shape index (κ1) is 10.6. The van der Waals surface area contributed by atoms with Crippen LogP contribution in [0.4, 0.5) is 5.82 Å². The average molecular weight is 213 g/mol. The molecule has 0 aliphatic heterocycles. The fraction of sp³-hybridized carbons (Fsp3) is 0.231. The van der Waals surface area contributed by atoms with Crippen molar-refractivity contribution in [3.05, 3.63) is 41.6 Å². The third-order valence-corrected chi connectivity index (χ3v) is 2.39. The van der Waals surface area contributed by atoms with Crippen molar-refractivity contribution < 1.29 is 0 Å². The number of nitrogens with one attached hydrogen (secondary N) is 1. The Morgan fingerprint density at radius 1 is 1.06 bits per heavy atom. The summed E-state index contributed by atoms with van der Waals surface area (Å²) in [6.07, 6.45) is 0. The van der Waals surface area contributed by atoms with E-state index in [4.69, 9.17) is 0 Å². The molecule has 0 unspecified atom stereocenters. The van der Waals surface area contributed by atoms with Gasteiger partial charge in [-0.05, 0) is 19.9 Å². The minimum atomic E-state index is 0.771. The van der Waals surface area contributed by atoms with E-state index in [1.165, 1.54) is 5.56 Å². The van der Waals surface area contributed by atoms with Crippen LogP contribution in [0.3, 0.4) is 0 Å². The molecule has 0 saturated carbocycles. The molecule has 0 amide bonds. The van der Waals surface area contributed by atoms with Crippen LogP contribution in [0.1, 0.15) is 11.3 Å². The highest BCUT2D eigenvalue weighted by atomic mass is 15.0. The molecule has 0 bridgehead atoms. The summed E-state index contributed by atoms with van der Waals surface area (Å²) in [5.74, 6) is 1.62. The third kappa shape index (κ3) is 2.19. The van der Waals surface area contributed by atoms with Gasteiger partial charge in [0, 0.05) is 24.4 Å².